The Morgan fingerprint density at radius 2 is 2.42 bits per heavy atom. The molecule has 1 radical (unpaired) electrons. The monoisotopic (exact) mass is 166 g/mol. The van der Waals surface area contributed by atoms with E-state index in [9.17, 15) is 0 Å². The van der Waals surface area contributed by atoms with Gasteiger partial charge < -0.3 is 4.74 Å². The molecular weight excluding hydrogens is 150 g/mol. The third kappa shape index (κ3) is 2.61. The lowest BCUT2D eigenvalue weighted by Crippen LogP contribution is -2.06. The van der Waals surface area contributed by atoms with Gasteiger partial charge in [0, 0.05) is 5.92 Å². The Balaban J connectivity index is 2.30. The second-order valence-electron chi connectivity index (χ2n) is 3.13. The highest BCUT2D eigenvalue weighted by Crippen LogP contribution is 2.19. The first-order chi connectivity index (χ1) is 5.84. The molecule has 0 fully saturated rings. The summed E-state index contributed by atoms with van der Waals surface area (Å²) in [5, 5.41) is 4.02. The summed E-state index contributed by atoms with van der Waals surface area (Å²) in [6.45, 7) is 4.38. The quantitative estimate of drug-likeness (QED) is 0.629. The number of hydrogen-bond donors (Lipinski definition) is 0. The molecule has 67 valence electrons. The second-order valence-corrected chi connectivity index (χ2v) is 3.13. The summed E-state index contributed by atoms with van der Waals surface area (Å²) < 4.78 is 5.32. The smallest absolute Gasteiger partial charge is 0.124 e. The van der Waals surface area contributed by atoms with Gasteiger partial charge in [0.1, 0.15) is 12.0 Å². The van der Waals surface area contributed by atoms with Gasteiger partial charge in [0.15, 0.2) is 0 Å². The minimum atomic E-state index is 0.499. The molecule has 2 heteroatoms. The van der Waals surface area contributed by atoms with Crippen LogP contribution in [0.4, 0.5) is 0 Å². The van der Waals surface area contributed by atoms with Crippen LogP contribution in [0.15, 0.2) is 24.4 Å². The Hall–Kier alpha value is -0.920. The highest BCUT2D eigenvalue weighted by atomic mass is 16.5. The van der Waals surface area contributed by atoms with Gasteiger partial charge in [0.05, 0.1) is 12.4 Å². The number of hydrogen-bond acceptors (Lipinski definition) is 1. The molecule has 0 spiro atoms. The summed E-state index contributed by atoms with van der Waals surface area (Å²) in [6.07, 6.45) is 8.79. The molecule has 0 bridgehead atoms. The third-order valence-electron chi connectivity index (χ3n) is 2.03. The summed E-state index contributed by atoms with van der Waals surface area (Å²) >= 11 is 0. The number of nitrogens with zero attached hydrogens (tertiary/aromatic N) is 1. The molecule has 1 heterocycles. The van der Waals surface area contributed by atoms with E-state index < -0.39 is 0 Å². The predicted molar refractivity (Wildman–Crippen MR) is 49.1 cm³/mol. The van der Waals surface area contributed by atoms with Gasteiger partial charge in [-0.1, -0.05) is 26.7 Å². The maximum atomic E-state index is 5.32. The van der Waals surface area contributed by atoms with E-state index in [0.717, 1.165) is 5.76 Å². The first-order valence-electron chi connectivity index (χ1n) is 4.56. The van der Waals surface area contributed by atoms with E-state index in [-0.39, 0.29) is 0 Å². The van der Waals surface area contributed by atoms with Gasteiger partial charge in [-0.15, -0.1) is 0 Å². The van der Waals surface area contributed by atoms with E-state index in [1.807, 2.05) is 0 Å². The van der Waals surface area contributed by atoms with Crippen molar-refractivity contribution in [3.63, 3.8) is 0 Å². The van der Waals surface area contributed by atoms with Crippen molar-refractivity contribution in [3.8, 4) is 0 Å². The average Bonchev–Trinajstić information content (AvgIpc) is 2.15. The van der Waals surface area contributed by atoms with E-state index >= 15 is 0 Å². The number of rotatable bonds is 4. The van der Waals surface area contributed by atoms with Gasteiger partial charge >= 0.3 is 0 Å². The molecule has 0 N–H and O–H groups in total. The molecule has 0 saturated carbocycles. The van der Waals surface area contributed by atoms with Crippen molar-refractivity contribution in [1.29, 1.82) is 0 Å². The topological polar surface area (TPSA) is 23.3 Å². The molecule has 1 rings (SSSR count). The highest BCUT2D eigenvalue weighted by Gasteiger charge is 2.10. The van der Waals surface area contributed by atoms with Crippen molar-refractivity contribution in [2.24, 2.45) is 5.92 Å². The van der Waals surface area contributed by atoms with E-state index in [1.54, 1.807) is 18.7 Å². The Kier molecular flexibility index (Phi) is 3.71. The summed E-state index contributed by atoms with van der Waals surface area (Å²) in [5.74, 6) is 1.49. The molecule has 0 amide bonds. The zero-order valence-electron chi connectivity index (χ0n) is 7.79. The maximum Gasteiger partial charge on any atom is 0.124 e. The number of ether oxygens (including phenoxy) is 1. The normalized spacial score (nSPS) is 17.7. The molecule has 1 unspecified atom stereocenters. The minimum Gasteiger partial charge on any atom is -0.466 e. The molecule has 0 saturated heterocycles. The van der Waals surface area contributed by atoms with Crippen LogP contribution in [0.25, 0.3) is 0 Å². The zero-order valence-corrected chi connectivity index (χ0v) is 7.79. The van der Waals surface area contributed by atoms with Crippen molar-refractivity contribution < 1.29 is 4.74 Å². The fourth-order valence-corrected chi connectivity index (χ4v) is 1.19. The van der Waals surface area contributed by atoms with Crippen LogP contribution in [0.3, 0.4) is 0 Å². The maximum absolute atomic E-state index is 5.32. The van der Waals surface area contributed by atoms with Crippen molar-refractivity contribution in [3.05, 3.63) is 24.4 Å². The molecule has 1 aliphatic rings. The Morgan fingerprint density at radius 3 is 3.00 bits per heavy atom. The first-order valence-corrected chi connectivity index (χ1v) is 4.56. The van der Waals surface area contributed by atoms with Gasteiger partial charge in [-0.25, -0.2) is 0 Å². The van der Waals surface area contributed by atoms with E-state index in [2.05, 4.69) is 19.2 Å². The van der Waals surface area contributed by atoms with Gasteiger partial charge in [0.25, 0.3) is 0 Å². The molecule has 0 aromatic rings. The molecular formula is C10H16NO. The highest BCUT2D eigenvalue weighted by molar-refractivity contribution is 5.03. The lowest BCUT2D eigenvalue weighted by Gasteiger charge is -2.15. The largest absolute Gasteiger partial charge is 0.466 e. The standard InChI is InChI=1S/C10H16NO/c1-3-4-5-9(2)10-8-11-6-7-12-10/h6-9H,3-5H2,1-2H3. The number of unbranched alkanes of at least 4 members (excludes halogenated alkanes) is 1. The average molecular weight is 166 g/mol. The van der Waals surface area contributed by atoms with Gasteiger partial charge in [-0.3, -0.25) is 5.32 Å². The molecule has 12 heavy (non-hydrogen) atoms. The molecule has 2 nitrogen and oxygen atoms in total. The van der Waals surface area contributed by atoms with Crippen LogP contribution in [0.2, 0.25) is 0 Å². The minimum absolute atomic E-state index is 0.499. The van der Waals surface area contributed by atoms with Crippen LogP contribution in [0.5, 0.6) is 0 Å². The van der Waals surface area contributed by atoms with Crippen LogP contribution in [-0.2, 0) is 4.74 Å². The predicted octanol–water partition coefficient (Wildman–Crippen LogP) is 2.76. The Labute approximate surface area is 74.3 Å². The van der Waals surface area contributed by atoms with E-state index in [0.29, 0.717) is 5.92 Å². The van der Waals surface area contributed by atoms with Crippen LogP contribution < -0.4 is 5.32 Å². The second kappa shape index (κ2) is 4.86. The SMILES string of the molecule is CCCCC(C)C1=C[N]C=CO1. The van der Waals surface area contributed by atoms with Gasteiger partial charge in [0.2, 0.25) is 0 Å². The van der Waals surface area contributed by atoms with Gasteiger partial charge in [-0.2, -0.15) is 0 Å². The van der Waals surface area contributed by atoms with Crippen molar-refractivity contribution in [1.82, 2.24) is 5.32 Å². The third-order valence-corrected chi connectivity index (χ3v) is 2.03. The van der Waals surface area contributed by atoms with Crippen LogP contribution in [0, 0.1) is 5.92 Å². The summed E-state index contributed by atoms with van der Waals surface area (Å²) in [6, 6.07) is 0. The van der Waals surface area contributed by atoms with Crippen LogP contribution >= 0.6 is 0 Å². The summed E-state index contributed by atoms with van der Waals surface area (Å²) in [5.41, 5.74) is 0. The summed E-state index contributed by atoms with van der Waals surface area (Å²) in [7, 11) is 0. The van der Waals surface area contributed by atoms with Crippen molar-refractivity contribution in [2.75, 3.05) is 0 Å². The Morgan fingerprint density at radius 1 is 1.58 bits per heavy atom. The molecule has 1 atom stereocenters. The molecule has 0 aromatic carbocycles. The first kappa shape index (κ1) is 9.17. The van der Waals surface area contributed by atoms with Gasteiger partial charge in [-0.05, 0) is 6.42 Å². The molecule has 0 aliphatic carbocycles. The van der Waals surface area contributed by atoms with Crippen molar-refractivity contribution >= 4 is 0 Å². The fraction of sp³-hybridized carbons (Fsp3) is 0.600. The van der Waals surface area contributed by atoms with Crippen molar-refractivity contribution in [2.45, 2.75) is 33.1 Å². The van der Waals surface area contributed by atoms with Crippen LogP contribution in [0.1, 0.15) is 33.1 Å². The lowest BCUT2D eigenvalue weighted by atomic mass is 10.0. The van der Waals surface area contributed by atoms with E-state index in [1.165, 1.54) is 19.3 Å². The fourth-order valence-electron chi connectivity index (χ4n) is 1.19. The molecule has 1 aliphatic heterocycles. The Bertz CT molecular complexity index is 184. The zero-order chi connectivity index (χ0) is 8.81. The number of allylic oxidation sites excluding steroid dienone is 1. The summed E-state index contributed by atoms with van der Waals surface area (Å²) in [4.78, 5) is 0. The molecule has 0 aromatic heterocycles. The van der Waals surface area contributed by atoms with Crippen LogP contribution in [-0.4, -0.2) is 0 Å². The van der Waals surface area contributed by atoms with E-state index in [4.69, 9.17) is 4.74 Å². The lowest BCUT2D eigenvalue weighted by molar-refractivity contribution is 0.276.